The number of phenols is 1. The smallest absolute Gasteiger partial charge is 0.410 e. The number of aromatic nitrogens is 2. The third-order valence-electron chi connectivity index (χ3n) is 4.34. The summed E-state index contributed by atoms with van der Waals surface area (Å²) < 4.78 is 5.42. The van der Waals surface area contributed by atoms with Crippen molar-refractivity contribution in [3.63, 3.8) is 0 Å². The molecule has 0 unspecified atom stereocenters. The zero-order valence-corrected chi connectivity index (χ0v) is 16.0. The van der Waals surface area contributed by atoms with Gasteiger partial charge in [0.05, 0.1) is 5.69 Å². The van der Waals surface area contributed by atoms with Crippen molar-refractivity contribution in [1.82, 2.24) is 15.1 Å². The molecule has 144 valence electrons. The number of benzene rings is 1. The first-order valence-electron chi connectivity index (χ1n) is 9.18. The largest absolute Gasteiger partial charge is 0.507 e. The minimum absolute atomic E-state index is 0.182. The van der Waals surface area contributed by atoms with Gasteiger partial charge in [0.2, 0.25) is 0 Å². The molecule has 0 atom stereocenters. The average Bonchev–Trinajstić information content (AvgIpc) is 2.62. The molecule has 0 spiro atoms. The quantitative estimate of drug-likeness (QED) is 0.857. The van der Waals surface area contributed by atoms with Crippen LogP contribution in [-0.4, -0.2) is 51.0 Å². The number of para-hydroxylation sites is 1. The highest BCUT2D eigenvalue weighted by Crippen LogP contribution is 2.27. The number of hydrogen-bond acceptors (Lipinski definition) is 6. The molecule has 7 heteroatoms. The van der Waals surface area contributed by atoms with Crippen molar-refractivity contribution in [3.05, 3.63) is 36.4 Å². The topological polar surface area (TPSA) is 87.6 Å². The first-order valence-corrected chi connectivity index (χ1v) is 9.18. The summed E-state index contributed by atoms with van der Waals surface area (Å²) in [5.74, 6) is 0.868. The Kier molecular flexibility index (Phi) is 5.48. The highest BCUT2D eigenvalue weighted by atomic mass is 16.6. The zero-order valence-electron chi connectivity index (χ0n) is 16.0. The van der Waals surface area contributed by atoms with Crippen molar-refractivity contribution in [2.75, 3.05) is 18.4 Å². The SMILES string of the molecule is CC(C)(C)OC(=O)N1CCC(Nc2ccc(-c3ccccc3O)nn2)CC1. The first-order chi connectivity index (χ1) is 12.8. The van der Waals surface area contributed by atoms with Gasteiger partial charge in [0, 0.05) is 24.7 Å². The first kappa shape index (κ1) is 18.9. The molecule has 0 saturated carbocycles. The molecule has 2 aromatic rings. The number of piperidine rings is 1. The van der Waals surface area contributed by atoms with Gasteiger partial charge in [0.1, 0.15) is 17.2 Å². The van der Waals surface area contributed by atoms with Gasteiger partial charge in [-0.2, -0.15) is 0 Å². The predicted molar refractivity (Wildman–Crippen MR) is 104 cm³/mol. The van der Waals surface area contributed by atoms with Crippen LogP contribution in [0.3, 0.4) is 0 Å². The van der Waals surface area contributed by atoms with Crippen LogP contribution in [0.5, 0.6) is 5.75 Å². The molecule has 2 heterocycles. The van der Waals surface area contributed by atoms with E-state index in [1.165, 1.54) is 0 Å². The summed E-state index contributed by atoms with van der Waals surface area (Å²) in [7, 11) is 0. The molecule has 0 bridgehead atoms. The number of nitrogens with one attached hydrogen (secondary N) is 1. The lowest BCUT2D eigenvalue weighted by molar-refractivity contribution is 0.0210. The number of aromatic hydroxyl groups is 1. The van der Waals surface area contributed by atoms with Crippen LogP contribution in [0.25, 0.3) is 11.3 Å². The number of anilines is 1. The van der Waals surface area contributed by atoms with Crippen LogP contribution in [0.2, 0.25) is 0 Å². The number of carbonyl (C=O) groups is 1. The van der Waals surface area contributed by atoms with Gasteiger partial charge in [0.15, 0.2) is 0 Å². The van der Waals surface area contributed by atoms with E-state index in [1.54, 1.807) is 23.1 Å². The van der Waals surface area contributed by atoms with Gasteiger partial charge < -0.3 is 20.1 Å². The summed E-state index contributed by atoms with van der Waals surface area (Å²) in [5.41, 5.74) is 0.803. The molecule has 1 saturated heterocycles. The molecule has 1 aromatic carbocycles. The molecule has 27 heavy (non-hydrogen) atoms. The maximum absolute atomic E-state index is 12.1. The summed E-state index contributed by atoms with van der Waals surface area (Å²) in [4.78, 5) is 13.9. The number of likely N-dealkylation sites (tertiary alicyclic amines) is 1. The monoisotopic (exact) mass is 370 g/mol. The van der Waals surface area contributed by atoms with Crippen molar-refractivity contribution in [1.29, 1.82) is 0 Å². The number of carbonyl (C=O) groups excluding carboxylic acids is 1. The van der Waals surface area contributed by atoms with Crippen LogP contribution in [-0.2, 0) is 4.74 Å². The van der Waals surface area contributed by atoms with Gasteiger partial charge >= 0.3 is 6.09 Å². The molecule has 1 fully saturated rings. The number of phenolic OH excluding ortho intramolecular Hbond substituents is 1. The molecule has 2 N–H and O–H groups in total. The minimum atomic E-state index is -0.475. The minimum Gasteiger partial charge on any atom is -0.507 e. The second-order valence-electron chi connectivity index (χ2n) is 7.71. The normalized spacial score (nSPS) is 15.4. The van der Waals surface area contributed by atoms with E-state index in [0.717, 1.165) is 12.8 Å². The molecule has 1 amide bonds. The number of amides is 1. The fourth-order valence-electron chi connectivity index (χ4n) is 2.99. The van der Waals surface area contributed by atoms with Crippen LogP contribution in [0.1, 0.15) is 33.6 Å². The van der Waals surface area contributed by atoms with Crippen molar-refractivity contribution in [3.8, 4) is 17.0 Å². The fourth-order valence-corrected chi connectivity index (χ4v) is 2.99. The van der Waals surface area contributed by atoms with E-state index in [0.29, 0.717) is 30.2 Å². The van der Waals surface area contributed by atoms with Crippen LogP contribution >= 0.6 is 0 Å². The van der Waals surface area contributed by atoms with Gasteiger partial charge in [-0.15, -0.1) is 10.2 Å². The second-order valence-corrected chi connectivity index (χ2v) is 7.71. The Morgan fingerprint density at radius 3 is 2.44 bits per heavy atom. The van der Waals surface area contributed by atoms with Gasteiger partial charge in [-0.1, -0.05) is 12.1 Å². The van der Waals surface area contributed by atoms with Gasteiger partial charge in [-0.05, 0) is 57.9 Å². The lowest BCUT2D eigenvalue weighted by Gasteiger charge is -2.33. The number of nitrogens with zero attached hydrogens (tertiary/aromatic N) is 3. The van der Waals surface area contributed by atoms with E-state index < -0.39 is 5.60 Å². The van der Waals surface area contributed by atoms with Gasteiger partial charge in [0.25, 0.3) is 0 Å². The van der Waals surface area contributed by atoms with E-state index in [4.69, 9.17) is 4.74 Å². The molecule has 1 aliphatic rings. The Morgan fingerprint density at radius 2 is 1.85 bits per heavy atom. The van der Waals surface area contributed by atoms with Crippen molar-refractivity contribution in [2.45, 2.75) is 45.3 Å². The molecule has 0 aliphatic carbocycles. The Balaban J connectivity index is 1.54. The number of hydrogen-bond donors (Lipinski definition) is 2. The Labute approximate surface area is 159 Å². The Morgan fingerprint density at radius 1 is 1.15 bits per heavy atom. The van der Waals surface area contributed by atoms with Crippen LogP contribution in [0.4, 0.5) is 10.6 Å². The summed E-state index contributed by atoms with van der Waals surface area (Å²) in [6, 6.07) is 11.0. The average molecular weight is 370 g/mol. The lowest BCUT2D eigenvalue weighted by atomic mass is 10.1. The van der Waals surface area contributed by atoms with E-state index in [9.17, 15) is 9.90 Å². The summed E-state index contributed by atoms with van der Waals surface area (Å²) >= 11 is 0. The molecular formula is C20H26N4O3. The molecule has 1 aromatic heterocycles. The maximum atomic E-state index is 12.1. The molecule has 7 nitrogen and oxygen atoms in total. The highest BCUT2D eigenvalue weighted by molar-refractivity contribution is 5.68. The van der Waals surface area contributed by atoms with E-state index in [2.05, 4.69) is 15.5 Å². The highest BCUT2D eigenvalue weighted by Gasteiger charge is 2.26. The van der Waals surface area contributed by atoms with Crippen LogP contribution in [0.15, 0.2) is 36.4 Å². The molecule has 3 rings (SSSR count). The van der Waals surface area contributed by atoms with E-state index in [1.807, 2.05) is 39.0 Å². The Bertz CT molecular complexity index is 779. The number of ether oxygens (including phenoxy) is 1. The summed E-state index contributed by atoms with van der Waals surface area (Å²) in [6.07, 6.45) is 1.39. The molecular weight excluding hydrogens is 344 g/mol. The van der Waals surface area contributed by atoms with Crippen LogP contribution in [0, 0.1) is 0 Å². The Hall–Kier alpha value is -2.83. The third kappa shape index (κ3) is 5.09. The van der Waals surface area contributed by atoms with E-state index in [-0.39, 0.29) is 17.9 Å². The van der Waals surface area contributed by atoms with Crippen molar-refractivity contribution < 1.29 is 14.6 Å². The van der Waals surface area contributed by atoms with Crippen molar-refractivity contribution in [2.24, 2.45) is 0 Å². The summed E-state index contributed by atoms with van der Waals surface area (Å²) in [6.45, 7) is 6.91. The lowest BCUT2D eigenvalue weighted by Crippen LogP contribution is -2.44. The van der Waals surface area contributed by atoms with Crippen LogP contribution < -0.4 is 5.32 Å². The van der Waals surface area contributed by atoms with Crippen molar-refractivity contribution >= 4 is 11.9 Å². The number of rotatable bonds is 3. The standard InChI is InChI=1S/C20H26N4O3/c1-20(2,3)27-19(26)24-12-10-14(11-13-24)21-18-9-8-16(22-23-18)15-6-4-5-7-17(15)25/h4-9,14,25H,10-13H2,1-3H3,(H,21,23). The van der Waals surface area contributed by atoms with E-state index >= 15 is 0 Å². The fraction of sp³-hybridized carbons (Fsp3) is 0.450. The van der Waals surface area contributed by atoms with Gasteiger partial charge in [-0.3, -0.25) is 0 Å². The zero-order chi connectivity index (χ0) is 19.4. The predicted octanol–water partition coefficient (Wildman–Crippen LogP) is 3.66. The summed E-state index contributed by atoms with van der Waals surface area (Å²) in [5, 5.41) is 21.7. The second kappa shape index (κ2) is 7.82. The van der Waals surface area contributed by atoms with Gasteiger partial charge in [-0.25, -0.2) is 4.79 Å². The maximum Gasteiger partial charge on any atom is 0.410 e. The molecule has 0 radical (unpaired) electrons. The molecule has 1 aliphatic heterocycles. The third-order valence-corrected chi connectivity index (χ3v) is 4.34.